The van der Waals surface area contributed by atoms with Crippen LogP contribution in [0.3, 0.4) is 0 Å². The first-order chi connectivity index (χ1) is 26.1. The molecule has 1 aliphatic rings. The van der Waals surface area contributed by atoms with Crippen molar-refractivity contribution in [2.45, 2.75) is 234 Å². The van der Waals surface area contributed by atoms with Gasteiger partial charge < -0.3 is 14.2 Å². The molecule has 0 aromatic carbocycles. The minimum atomic E-state index is -0.823. The van der Waals surface area contributed by atoms with Crippen molar-refractivity contribution in [1.82, 2.24) is 0 Å². The molecule has 54 heavy (non-hydrogen) atoms. The highest BCUT2D eigenvalue weighted by Gasteiger charge is 2.47. The van der Waals surface area contributed by atoms with Gasteiger partial charge >= 0.3 is 17.9 Å². The van der Waals surface area contributed by atoms with Gasteiger partial charge in [-0.25, -0.2) is 0 Å². The number of rotatable bonds is 36. The Balaban J connectivity index is 2.52. The van der Waals surface area contributed by atoms with Crippen molar-refractivity contribution < 1.29 is 28.6 Å². The maximum Gasteiger partial charge on any atom is 0.310 e. The predicted molar refractivity (Wildman–Crippen MR) is 226 cm³/mol. The Morgan fingerprint density at radius 2 is 0.611 bits per heavy atom. The molecule has 0 aromatic heterocycles. The highest BCUT2D eigenvalue weighted by Crippen LogP contribution is 2.38. The fourth-order valence-corrected chi connectivity index (χ4v) is 8.03. The number of ether oxygens (including phenoxy) is 3. The Morgan fingerprint density at radius 1 is 0.370 bits per heavy atom. The summed E-state index contributed by atoms with van der Waals surface area (Å²) in [5.74, 6) is -0.859. The molecule has 1 rings (SSSR count). The quantitative estimate of drug-likeness (QED) is 0.0359. The molecule has 0 amide bonds. The zero-order chi connectivity index (χ0) is 39.7. The fourth-order valence-electron chi connectivity index (χ4n) is 8.03. The van der Waals surface area contributed by atoms with Crippen LogP contribution in [0.15, 0.2) is 0 Å². The zero-order valence-electron chi connectivity index (χ0n) is 36.7. The smallest absolute Gasteiger partial charge is 0.310 e. The maximum atomic E-state index is 13.6. The topological polar surface area (TPSA) is 78.9 Å². The molecule has 0 aromatic rings. The van der Waals surface area contributed by atoms with Crippen molar-refractivity contribution in [1.29, 1.82) is 0 Å². The first-order valence-corrected chi connectivity index (χ1v) is 23.6. The Bertz CT molecular complexity index is 848. The molecule has 0 bridgehead atoms. The number of hydrogen-bond acceptors (Lipinski definition) is 6. The normalized spacial score (nSPS) is 17.4. The van der Waals surface area contributed by atoms with Crippen molar-refractivity contribution in [3.8, 4) is 0 Å². The molecule has 0 aliphatic heterocycles. The maximum absolute atomic E-state index is 13.6. The van der Waals surface area contributed by atoms with E-state index >= 15 is 0 Å². The number of carbonyl (C=O) groups is 3. The van der Waals surface area contributed by atoms with Crippen molar-refractivity contribution in [2.75, 3.05) is 19.8 Å². The number of unbranched alkanes of at least 4 members (excludes halogenated alkanes) is 21. The number of esters is 3. The lowest BCUT2D eigenvalue weighted by Gasteiger charge is -2.34. The Hall–Kier alpha value is -1.59. The molecule has 2 unspecified atom stereocenters. The summed E-state index contributed by atoms with van der Waals surface area (Å²) < 4.78 is 17.3. The van der Waals surface area contributed by atoms with E-state index in [0.717, 1.165) is 75.5 Å². The van der Waals surface area contributed by atoms with Gasteiger partial charge in [-0.2, -0.15) is 0 Å². The summed E-state index contributed by atoms with van der Waals surface area (Å²) in [6, 6.07) is 0. The van der Waals surface area contributed by atoms with Gasteiger partial charge in [-0.15, -0.1) is 0 Å². The summed E-state index contributed by atoms with van der Waals surface area (Å²) in [6.07, 6.45) is 34.2. The molecule has 0 heterocycles. The molecule has 2 atom stereocenters. The van der Waals surface area contributed by atoms with Crippen molar-refractivity contribution in [3.63, 3.8) is 0 Å². The van der Waals surface area contributed by atoms with Gasteiger partial charge in [-0.1, -0.05) is 202 Å². The first kappa shape index (κ1) is 50.4. The summed E-state index contributed by atoms with van der Waals surface area (Å²) in [7, 11) is 0. The van der Waals surface area contributed by atoms with Crippen LogP contribution in [0.4, 0.5) is 0 Å². The predicted octanol–water partition coefficient (Wildman–Crippen LogP) is 14.1. The van der Waals surface area contributed by atoms with Crippen LogP contribution in [0.1, 0.15) is 234 Å². The number of carbonyl (C=O) groups excluding carboxylic acids is 3. The lowest BCUT2D eigenvalue weighted by Crippen LogP contribution is -2.44. The molecule has 318 valence electrons. The van der Waals surface area contributed by atoms with E-state index in [1.165, 1.54) is 116 Å². The van der Waals surface area contributed by atoms with E-state index < -0.39 is 23.7 Å². The van der Waals surface area contributed by atoms with E-state index in [2.05, 4.69) is 41.5 Å². The van der Waals surface area contributed by atoms with Gasteiger partial charge in [0.2, 0.25) is 0 Å². The molecule has 1 saturated carbocycles. The summed E-state index contributed by atoms with van der Waals surface area (Å²) in [5.41, 5.74) is 0. The lowest BCUT2D eigenvalue weighted by molar-refractivity contribution is -0.172. The second-order valence-electron chi connectivity index (χ2n) is 18.2. The largest absolute Gasteiger partial charge is 0.465 e. The SMILES string of the molecule is CC(C)CCCCCCCCCCOC(=O)C1CCCC(C(=O)OCCCCCCCCCCC(C)C)C1C(=O)OCCCCCCCCCCC(C)C. The van der Waals surface area contributed by atoms with E-state index in [-0.39, 0.29) is 11.9 Å². The molecule has 0 saturated heterocycles. The molecule has 0 radical (unpaired) electrons. The van der Waals surface area contributed by atoms with E-state index in [1.807, 2.05) is 0 Å². The van der Waals surface area contributed by atoms with Crippen LogP contribution < -0.4 is 0 Å². The van der Waals surface area contributed by atoms with Crippen LogP contribution in [0, 0.1) is 35.5 Å². The third kappa shape index (κ3) is 27.9. The molecular weight excluding hydrogens is 673 g/mol. The first-order valence-electron chi connectivity index (χ1n) is 23.6. The van der Waals surface area contributed by atoms with Crippen molar-refractivity contribution in [2.24, 2.45) is 35.5 Å². The molecule has 0 spiro atoms. The minimum absolute atomic E-state index is 0.336. The van der Waals surface area contributed by atoms with Crippen LogP contribution in [-0.4, -0.2) is 37.7 Å². The van der Waals surface area contributed by atoms with Crippen molar-refractivity contribution >= 4 is 17.9 Å². The van der Waals surface area contributed by atoms with Crippen LogP contribution in [0.2, 0.25) is 0 Å². The Morgan fingerprint density at radius 3 is 0.889 bits per heavy atom. The van der Waals surface area contributed by atoms with Crippen LogP contribution in [-0.2, 0) is 28.6 Å². The van der Waals surface area contributed by atoms with Crippen molar-refractivity contribution in [3.05, 3.63) is 0 Å². The third-order valence-electron chi connectivity index (χ3n) is 11.5. The number of hydrogen-bond donors (Lipinski definition) is 0. The highest BCUT2D eigenvalue weighted by atomic mass is 16.5. The molecule has 0 N–H and O–H groups in total. The molecule has 1 fully saturated rings. The van der Waals surface area contributed by atoms with Crippen LogP contribution >= 0.6 is 0 Å². The molecular formula is C48H90O6. The van der Waals surface area contributed by atoms with E-state index in [4.69, 9.17) is 14.2 Å². The third-order valence-corrected chi connectivity index (χ3v) is 11.5. The standard InChI is InChI=1S/C48H90O6/c1-40(2)32-25-19-13-7-10-16-22-28-37-52-46(49)43-35-31-36-44(47(50)53-38-29-23-17-11-8-14-20-26-33-41(3)4)45(43)48(51)54-39-30-24-18-12-9-15-21-27-34-42(5)6/h40-45H,7-39H2,1-6H3. The second-order valence-corrected chi connectivity index (χ2v) is 18.2. The van der Waals surface area contributed by atoms with E-state index in [0.29, 0.717) is 39.1 Å². The van der Waals surface area contributed by atoms with Gasteiger partial charge in [0.05, 0.1) is 37.6 Å². The summed E-state index contributed by atoms with van der Waals surface area (Å²) in [5, 5.41) is 0. The summed E-state index contributed by atoms with van der Waals surface area (Å²) >= 11 is 0. The fraction of sp³-hybridized carbons (Fsp3) is 0.938. The van der Waals surface area contributed by atoms with Crippen LogP contribution in [0.25, 0.3) is 0 Å². The van der Waals surface area contributed by atoms with Gasteiger partial charge in [-0.3, -0.25) is 14.4 Å². The molecule has 1 aliphatic carbocycles. The minimum Gasteiger partial charge on any atom is -0.465 e. The highest BCUT2D eigenvalue weighted by molar-refractivity contribution is 5.87. The van der Waals surface area contributed by atoms with Gasteiger partial charge in [-0.05, 0) is 49.9 Å². The molecule has 6 nitrogen and oxygen atoms in total. The summed E-state index contributed by atoms with van der Waals surface area (Å²) in [4.78, 5) is 40.5. The monoisotopic (exact) mass is 763 g/mol. The Labute approximate surface area is 335 Å². The van der Waals surface area contributed by atoms with Gasteiger partial charge in [0.25, 0.3) is 0 Å². The average molecular weight is 763 g/mol. The summed E-state index contributed by atoms with van der Waals surface area (Å²) in [6.45, 7) is 14.8. The van der Waals surface area contributed by atoms with Gasteiger partial charge in [0, 0.05) is 0 Å². The second kappa shape index (κ2) is 34.6. The van der Waals surface area contributed by atoms with Gasteiger partial charge in [0.15, 0.2) is 0 Å². The molecule has 6 heteroatoms. The zero-order valence-corrected chi connectivity index (χ0v) is 36.7. The van der Waals surface area contributed by atoms with Gasteiger partial charge in [0.1, 0.15) is 0 Å². The Kier molecular flexibility index (Phi) is 32.4. The van der Waals surface area contributed by atoms with E-state index in [1.54, 1.807) is 0 Å². The van der Waals surface area contributed by atoms with Crippen LogP contribution in [0.5, 0.6) is 0 Å². The average Bonchev–Trinajstić information content (AvgIpc) is 3.14. The lowest BCUT2D eigenvalue weighted by atomic mass is 9.72. The van der Waals surface area contributed by atoms with E-state index in [9.17, 15) is 14.4 Å².